The smallest absolute Gasteiger partial charge is 0 e. The van der Waals surface area contributed by atoms with Crippen LogP contribution >= 0.6 is 0 Å². The maximum Gasteiger partial charge on any atom is 0 e. The molecular formula is C11H24Y-2. The first-order valence-corrected chi connectivity index (χ1v) is 3.16. The van der Waals surface area contributed by atoms with Crippen LogP contribution in [-0.2, 0) is 32.7 Å². The first kappa shape index (κ1) is 29.3. The van der Waals surface area contributed by atoms with Gasteiger partial charge < -0.3 is 19.3 Å². The van der Waals surface area contributed by atoms with Crippen molar-refractivity contribution in [3.05, 3.63) is 13.3 Å². The minimum atomic E-state index is 0. The van der Waals surface area contributed by atoms with E-state index < -0.39 is 0 Å². The van der Waals surface area contributed by atoms with Gasteiger partial charge in [0.25, 0.3) is 0 Å². The fourth-order valence-electron chi connectivity index (χ4n) is 0. The van der Waals surface area contributed by atoms with Gasteiger partial charge in [0.05, 0.1) is 0 Å². The van der Waals surface area contributed by atoms with E-state index in [1.54, 1.807) is 6.92 Å². The summed E-state index contributed by atoms with van der Waals surface area (Å²) in [5, 5.41) is 0. The van der Waals surface area contributed by atoms with E-state index in [1.807, 2.05) is 5.92 Å². The fourth-order valence-corrected chi connectivity index (χ4v) is 0. The second-order valence-electron chi connectivity index (χ2n) is 2.77. The summed E-state index contributed by atoms with van der Waals surface area (Å²) >= 11 is 0. The van der Waals surface area contributed by atoms with E-state index in [0.717, 1.165) is 6.42 Å². The largest absolute Gasteiger partial charge is 0.694 e. The van der Waals surface area contributed by atoms with E-state index >= 15 is 0 Å². The summed E-state index contributed by atoms with van der Waals surface area (Å²) in [7, 11) is 0. The molecule has 0 aromatic rings. The topological polar surface area (TPSA) is 0 Å². The predicted octanol–water partition coefficient (Wildman–Crippen LogP) is 4.12. The summed E-state index contributed by atoms with van der Waals surface area (Å²) in [6.07, 6.45) is 7.12. The third-order valence-corrected chi connectivity index (χ3v) is 0.957. The third-order valence-electron chi connectivity index (χ3n) is 0.957. The van der Waals surface area contributed by atoms with Crippen LogP contribution < -0.4 is 0 Å². The Hall–Kier alpha value is 0.664. The van der Waals surface area contributed by atoms with Crippen LogP contribution in [0.5, 0.6) is 0 Å². The second kappa shape index (κ2) is 17.7. The van der Waals surface area contributed by atoms with Crippen LogP contribution in [0.4, 0.5) is 0 Å². The van der Waals surface area contributed by atoms with Crippen molar-refractivity contribution in [2.45, 2.75) is 49.0 Å². The number of rotatable bonds is 1. The maximum absolute atomic E-state index is 5.96. The Morgan fingerprint density at radius 3 is 1.42 bits per heavy atom. The molecule has 0 heterocycles. The van der Waals surface area contributed by atoms with E-state index in [9.17, 15) is 0 Å². The van der Waals surface area contributed by atoms with Gasteiger partial charge >= 0.3 is 0 Å². The number of hydrogen-bond donors (Lipinski definition) is 0. The van der Waals surface area contributed by atoms with Gasteiger partial charge in [-0.15, -0.1) is 0 Å². The van der Waals surface area contributed by atoms with Gasteiger partial charge in [-0.1, -0.05) is 42.0 Å². The van der Waals surface area contributed by atoms with Gasteiger partial charge in [0.15, 0.2) is 0 Å². The average Bonchev–Trinajstić information content (AvgIpc) is 1.67. The summed E-state index contributed by atoms with van der Waals surface area (Å²) in [6, 6.07) is 0. The van der Waals surface area contributed by atoms with Gasteiger partial charge in [-0.2, -0.15) is 5.41 Å². The van der Waals surface area contributed by atoms with Gasteiger partial charge in [-0.25, -0.2) is 0 Å². The molecular weight excluding hydrogens is 221 g/mol. The van der Waals surface area contributed by atoms with E-state index in [0.29, 0.717) is 5.41 Å². The van der Waals surface area contributed by atoms with Crippen molar-refractivity contribution in [3.63, 3.8) is 0 Å². The summed E-state index contributed by atoms with van der Waals surface area (Å²) in [6.45, 7) is 11.8. The van der Waals surface area contributed by atoms with Crippen molar-refractivity contribution >= 4 is 0 Å². The summed E-state index contributed by atoms with van der Waals surface area (Å²) in [5.74, 6) is 2.00. The number of hydrogen-bond acceptors (Lipinski definition) is 0. The van der Waals surface area contributed by atoms with Crippen LogP contribution in [0, 0.1) is 24.7 Å². The second-order valence-corrected chi connectivity index (χ2v) is 2.77. The molecule has 0 bridgehead atoms. The molecule has 0 aromatic heterocycles. The van der Waals surface area contributed by atoms with Gasteiger partial charge in [0.1, 0.15) is 0 Å². The third kappa shape index (κ3) is 74.2. The first-order chi connectivity index (χ1) is 3.97. The molecule has 0 spiro atoms. The van der Waals surface area contributed by atoms with Crippen LogP contribution in [0.15, 0.2) is 0 Å². The first-order valence-electron chi connectivity index (χ1n) is 3.16. The van der Waals surface area contributed by atoms with Crippen molar-refractivity contribution in [2.75, 3.05) is 0 Å². The molecule has 0 atom stereocenters. The zero-order chi connectivity index (χ0) is 7.91. The van der Waals surface area contributed by atoms with Crippen LogP contribution in [0.1, 0.15) is 49.0 Å². The molecule has 73 valence electrons. The van der Waals surface area contributed by atoms with Gasteiger partial charge in [0, 0.05) is 32.7 Å². The van der Waals surface area contributed by atoms with E-state index in [4.69, 9.17) is 6.42 Å². The van der Waals surface area contributed by atoms with Crippen molar-refractivity contribution in [2.24, 2.45) is 5.41 Å². The Balaban J connectivity index is -0.0000000246. The predicted molar refractivity (Wildman–Crippen MR) is 55.7 cm³/mol. The van der Waals surface area contributed by atoms with E-state index in [1.165, 1.54) is 0 Å². The van der Waals surface area contributed by atoms with Gasteiger partial charge in [-0.05, 0) is 6.92 Å². The minimum Gasteiger partial charge on any atom is -0.694 e. The quantitative estimate of drug-likeness (QED) is 0.481. The van der Waals surface area contributed by atoms with Gasteiger partial charge in [0.2, 0.25) is 0 Å². The molecule has 0 fully saturated rings. The normalized spacial score (nSPS) is 6.67. The molecule has 0 rings (SSSR count). The molecule has 0 aliphatic heterocycles. The zero-order valence-corrected chi connectivity index (χ0v) is 10.3. The molecule has 1 radical (unpaired) electrons. The van der Waals surface area contributed by atoms with Crippen LogP contribution in [-0.4, -0.2) is 0 Å². The Morgan fingerprint density at radius 2 is 1.42 bits per heavy atom. The Morgan fingerprint density at radius 1 is 1.33 bits per heavy atom. The molecule has 1 heteroatoms. The van der Waals surface area contributed by atoms with E-state index in [2.05, 4.69) is 27.7 Å². The van der Waals surface area contributed by atoms with E-state index in [-0.39, 0.29) is 47.6 Å². The standard InChI is InChI=1S/C6H13.C3H3.2CH4.Y/c1-5-6(2,3)4;1-3-2;;;/h2,5H2,1,3-4H3;1H3;2*1H4;/q2*-1;;;. The van der Waals surface area contributed by atoms with Crippen LogP contribution in [0.2, 0.25) is 0 Å². The molecule has 0 aromatic carbocycles. The van der Waals surface area contributed by atoms with Crippen molar-refractivity contribution in [3.8, 4) is 5.92 Å². The molecule has 0 aliphatic rings. The molecule has 0 unspecified atom stereocenters. The van der Waals surface area contributed by atoms with Crippen molar-refractivity contribution < 1.29 is 32.7 Å². The molecule has 0 amide bonds. The molecule has 0 nitrogen and oxygen atoms in total. The zero-order valence-electron chi connectivity index (χ0n) is 7.49. The van der Waals surface area contributed by atoms with Crippen LogP contribution in [0.3, 0.4) is 0 Å². The molecule has 0 N–H and O–H groups in total. The molecule has 0 saturated carbocycles. The maximum atomic E-state index is 5.96. The molecule has 0 aliphatic carbocycles. The Labute approximate surface area is 106 Å². The summed E-state index contributed by atoms with van der Waals surface area (Å²) in [4.78, 5) is 0. The molecule has 12 heavy (non-hydrogen) atoms. The summed E-state index contributed by atoms with van der Waals surface area (Å²) < 4.78 is 0. The van der Waals surface area contributed by atoms with Crippen LogP contribution in [0.25, 0.3) is 0 Å². The fraction of sp³-hybridized carbons (Fsp3) is 0.727. The Bertz CT molecular complexity index is 82.2. The molecule has 0 saturated heterocycles. The van der Waals surface area contributed by atoms with Crippen molar-refractivity contribution in [1.82, 2.24) is 0 Å². The Kier molecular flexibility index (Phi) is 43.2. The van der Waals surface area contributed by atoms with Gasteiger partial charge in [-0.3, -0.25) is 0 Å². The minimum absolute atomic E-state index is 0. The SMILES string of the molecule is C.C.[C-]#CC.[CH2-]C(C)(C)CC.[Y]. The van der Waals surface area contributed by atoms with Crippen molar-refractivity contribution in [1.29, 1.82) is 0 Å². The monoisotopic (exact) mass is 245 g/mol. The summed E-state index contributed by atoms with van der Waals surface area (Å²) in [5.41, 5.74) is 0.292. The average molecular weight is 245 g/mol.